The lowest BCUT2D eigenvalue weighted by Gasteiger charge is -2.15. The Morgan fingerprint density at radius 3 is 2.52 bits per heavy atom. The van der Waals surface area contributed by atoms with Crippen molar-refractivity contribution in [1.82, 2.24) is 20.1 Å². The number of rotatable bonds is 5. The lowest BCUT2D eigenvalue weighted by molar-refractivity contribution is -0.124. The summed E-state index contributed by atoms with van der Waals surface area (Å²) in [4.78, 5) is 28.5. The van der Waals surface area contributed by atoms with Crippen LogP contribution in [0.4, 0.5) is 0 Å². The molecule has 1 unspecified atom stereocenters. The molecule has 0 bridgehead atoms. The zero-order valence-electron chi connectivity index (χ0n) is 13.8. The van der Waals surface area contributed by atoms with Crippen molar-refractivity contribution in [2.45, 2.75) is 19.5 Å². The third kappa shape index (κ3) is 3.98. The zero-order chi connectivity index (χ0) is 17.6. The quantitative estimate of drug-likeness (QED) is 0.776. The normalized spacial score (nSPS) is 11.7. The van der Waals surface area contributed by atoms with Gasteiger partial charge in [0.15, 0.2) is 0 Å². The number of amides is 1. The number of carbonyl (C=O) groups excluding carboxylic acids is 1. The summed E-state index contributed by atoms with van der Waals surface area (Å²) < 4.78 is 1.21. The fourth-order valence-electron chi connectivity index (χ4n) is 2.41. The Labute approximate surface area is 145 Å². The first-order valence-corrected chi connectivity index (χ1v) is 7.97. The predicted octanol–water partition coefficient (Wildman–Crippen LogP) is 2.18. The lowest BCUT2D eigenvalue weighted by atomic mass is 10.1. The summed E-state index contributed by atoms with van der Waals surface area (Å²) in [6.45, 7) is 2.03. The van der Waals surface area contributed by atoms with E-state index in [0.717, 1.165) is 11.1 Å². The van der Waals surface area contributed by atoms with Crippen molar-refractivity contribution < 1.29 is 4.79 Å². The molecule has 6 nitrogen and oxygen atoms in total. The monoisotopic (exact) mass is 334 g/mol. The van der Waals surface area contributed by atoms with Gasteiger partial charge in [0.1, 0.15) is 6.04 Å². The Balaban J connectivity index is 1.78. The number of pyridine rings is 1. The highest BCUT2D eigenvalue weighted by atomic mass is 16.2. The van der Waals surface area contributed by atoms with Gasteiger partial charge >= 0.3 is 0 Å². The molecule has 3 rings (SSSR count). The van der Waals surface area contributed by atoms with Gasteiger partial charge in [-0.25, -0.2) is 4.68 Å². The van der Waals surface area contributed by atoms with Gasteiger partial charge < -0.3 is 5.32 Å². The summed E-state index contributed by atoms with van der Waals surface area (Å²) in [5.74, 6) is -0.267. The smallest absolute Gasteiger partial charge is 0.267 e. The molecule has 6 heteroatoms. The van der Waals surface area contributed by atoms with E-state index in [1.54, 1.807) is 25.4 Å². The number of carbonyl (C=O) groups is 1. The third-order valence-electron chi connectivity index (χ3n) is 3.86. The van der Waals surface area contributed by atoms with Gasteiger partial charge in [-0.1, -0.05) is 30.3 Å². The van der Waals surface area contributed by atoms with E-state index < -0.39 is 6.04 Å². The van der Waals surface area contributed by atoms with Crippen molar-refractivity contribution in [2.75, 3.05) is 0 Å². The molecular weight excluding hydrogens is 316 g/mol. The van der Waals surface area contributed by atoms with Gasteiger partial charge in [0.2, 0.25) is 5.91 Å². The summed E-state index contributed by atoms with van der Waals surface area (Å²) in [6, 6.07) is 15.6. The van der Waals surface area contributed by atoms with Gasteiger partial charge in [0.25, 0.3) is 5.56 Å². The molecule has 0 aliphatic heterocycles. The molecule has 1 atom stereocenters. The molecule has 0 spiro atoms. The van der Waals surface area contributed by atoms with Crippen molar-refractivity contribution >= 4 is 5.91 Å². The van der Waals surface area contributed by atoms with Gasteiger partial charge in [0, 0.05) is 30.6 Å². The van der Waals surface area contributed by atoms with Crippen molar-refractivity contribution in [3.05, 3.63) is 82.9 Å². The lowest BCUT2D eigenvalue weighted by Crippen LogP contribution is -2.36. The molecule has 0 saturated heterocycles. The van der Waals surface area contributed by atoms with E-state index in [1.807, 2.05) is 42.5 Å². The highest BCUT2D eigenvalue weighted by Crippen LogP contribution is 2.15. The summed E-state index contributed by atoms with van der Waals surface area (Å²) in [5, 5.41) is 7.17. The van der Waals surface area contributed by atoms with E-state index in [2.05, 4.69) is 15.4 Å². The Morgan fingerprint density at radius 2 is 1.80 bits per heavy atom. The number of hydrogen-bond donors (Lipinski definition) is 1. The summed E-state index contributed by atoms with van der Waals surface area (Å²) in [7, 11) is 0. The van der Waals surface area contributed by atoms with E-state index in [0.29, 0.717) is 12.2 Å². The molecule has 2 heterocycles. The number of nitrogens with zero attached hydrogens (tertiary/aromatic N) is 3. The van der Waals surface area contributed by atoms with E-state index in [9.17, 15) is 9.59 Å². The van der Waals surface area contributed by atoms with Gasteiger partial charge in [-0.3, -0.25) is 14.6 Å². The van der Waals surface area contributed by atoms with Gasteiger partial charge in [-0.05, 0) is 30.7 Å². The Bertz CT molecular complexity index is 907. The highest BCUT2D eigenvalue weighted by Gasteiger charge is 2.17. The molecule has 1 amide bonds. The molecule has 0 aliphatic rings. The maximum absolute atomic E-state index is 12.4. The van der Waals surface area contributed by atoms with E-state index in [-0.39, 0.29) is 11.5 Å². The zero-order valence-corrected chi connectivity index (χ0v) is 13.8. The van der Waals surface area contributed by atoms with Crippen LogP contribution < -0.4 is 10.9 Å². The third-order valence-corrected chi connectivity index (χ3v) is 3.86. The van der Waals surface area contributed by atoms with Crippen LogP contribution >= 0.6 is 0 Å². The largest absolute Gasteiger partial charge is 0.350 e. The first-order valence-electron chi connectivity index (χ1n) is 7.97. The molecule has 0 radical (unpaired) electrons. The van der Waals surface area contributed by atoms with Crippen molar-refractivity contribution in [3.8, 4) is 11.3 Å². The Hall–Kier alpha value is -3.28. The molecule has 25 heavy (non-hydrogen) atoms. The van der Waals surface area contributed by atoms with E-state index >= 15 is 0 Å². The number of benzene rings is 1. The topological polar surface area (TPSA) is 76.9 Å². The van der Waals surface area contributed by atoms with Gasteiger partial charge in [0.05, 0.1) is 5.69 Å². The molecule has 1 aromatic carbocycles. The van der Waals surface area contributed by atoms with Gasteiger partial charge in [-0.15, -0.1) is 0 Å². The van der Waals surface area contributed by atoms with Crippen molar-refractivity contribution in [2.24, 2.45) is 0 Å². The summed E-state index contributed by atoms with van der Waals surface area (Å²) in [5.41, 5.74) is 2.16. The minimum Gasteiger partial charge on any atom is -0.350 e. The average Bonchev–Trinajstić information content (AvgIpc) is 2.67. The second-order valence-electron chi connectivity index (χ2n) is 5.62. The van der Waals surface area contributed by atoms with Crippen LogP contribution in [0.25, 0.3) is 11.3 Å². The predicted molar refractivity (Wildman–Crippen MR) is 94.7 cm³/mol. The van der Waals surface area contributed by atoms with E-state index in [4.69, 9.17) is 0 Å². The van der Waals surface area contributed by atoms with Crippen molar-refractivity contribution in [3.63, 3.8) is 0 Å². The summed E-state index contributed by atoms with van der Waals surface area (Å²) in [6.07, 6.45) is 3.33. The van der Waals surface area contributed by atoms with Crippen LogP contribution in [0.15, 0.2) is 71.8 Å². The Morgan fingerprint density at radius 1 is 1.08 bits per heavy atom. The molecule has 1 N–H and O–H groups in total. The second-order valence-corrected chi connectivity index (χ2v) is 5.62. The van der Waals surface area contributed by atoms with Crippen LogP contribution in [0.5, 0.6) is 0 Å². The maximum atomic E-state index is 12.4. The first-order chi connectivity index (χ1) is 12.1. The van der Waals surface area contributed by atoms with Crippen LogP contribution in [0.2, 0.25) is 0 Å². The second kappa shape index (κ2) is 7.53. The number of nitrogens with one attached hydrogen (secondary N) is 1. The van der Waals surface area contributed by atoms with Crippen LogP contribution in [0, 0.1) is 0 Å². The van der Waals surface area contributed by atoms with Crippen LogP contribution in [0.1, 0.15) is 18.5 Å². The Kier molecular flexibility index (Phi) is 4.99. The van der Waals surface area contributed by atoms with Gasteiger partial charge in [-0.2, -0.15) is 5.10 Å². The fraction of sp³-hybridized carbons (Fsp3) is 0.158. The molecule has 2 aromatic heterocycles. The SMILES string of the molecule is CC(C(=O)NCc1ccncc1)n1nc(-c2ccccc2)ccc1=O. The minimum absolute atomic E-state index is 0.267. The first kappa shape index (κ1) is 16.6. The highest BCUT2D eigenvalue weighted by molar-refractivity contribution is 5.79. The standard InChI is InChI=1S/C19H18N4O2/c1-14(19(25)21-13-15-9-11-20-12-10-15)23-18(24)8-7-17(22-23)16-5-3-2-4-6-16/h2-12,14H,13H2,1H3,(H,21,25). The van der Waals surface area contributed by atoms with Crippen LogP contribution in [-0.2, 0) is 11.3 Å². The number of aromatic nitrogens is 3. The summed E-state index contributed by atoms with van der Waals surface area (Å²) >= 11 is 0. The van der Waals surface area contributed by atoms with Crippen molar-refractivity contribution in [1.29, 1.82) is 0 Å². The molecule has 0 fully saturated rings. The molecule has 126 valence electrons. The molecular formula is C19H18N4O2. The fourth-order valence-corrected chi connectivity index (χ4v) is 2.41. The molecule has 0 aliphatic carbocycles. The maximum Gasteiger partial charge on any atom is 0.267 e. The number of hydrogen-bond acceptors (Lipinski definition) is 4. The molecule has 0 saturated carbocycles. The minimum atomic E-state index is -0.710. The van der Waals surface area contributed by atoms with E-state index in [1.165, 1.54) is 10.7 Å². The average molecular weight is 334 g/mol. The molecule has 3 aromatic rings. The van der Waals surface area contributed by atoms with Crippen LogP contribution in [0.3, 0.4) is 0 Å². The van der Waals surface area contributed by atoms with Crippen LogP contribution in [-0.4, -0.2) is 20.7 Å².